The van der Waals surface area contributed by atoms with Crippen LogP contribution < -0.4 is 5.32 Å². The zero-order valence-electron chi connectivity index (χ0n) is 17.6. The summed E-state index contributed by atoms with van der Waals surface area (Å²) in [6.07, 6.45) is 4.80. The van der Waals surface area contributed by atoms with Gasteiger partial charge in [0.25, 0.3) is 0 Å². The maximum atomic E-state index is 12.2. The van der Waals surface area contributed by atoms with Crippen LogP contribution in [0.15, 0.2) is 66.9 Å². The van der Waals surface area contributed by atoms with Gasteiger partial charge in [-0.15, -0.1) is 0 Å². The van der Waals surface area contributed by atoms with Crippen LogP contribution in [-0.4, -0.2) is 29.2 Å². The molecule has 0 spiro atoms. The Morgan fingerprint density at radius 2 is 1.85 bits per heavy atom. The monoisotopic (exact) mass is 440 g/mol. The van der Waals surface area contributed by atoms with Crippen molar-refractivity contribution in [3.8, 4) is 17.2 Å². The number of fused-ring (bicyclic) bond motifs is 3. The Kier molecular flexibility index (Phi) is 6.41. The lowest BCUT2D eigenvalue weighted by atomic mass is 9.98. The zero-order chi connectivity index (χ0) is 23.2. The van der Waals surface area contributed by atoms with E-state index in [9.17, 15) is 14.9 Å². The minimum Gasteiger partial charge on any atom is -0.449 e. The normalized spacial score (nSPS) is 12.1. The van der Waals surface area contributed by atoms with Crippen LogP contribution in [-0.2, 0) is 4.74 Å². The van der Waals surface area contributed by atoms with Crippen molar-refractivity contribution >= 4 is 17.9 Å². The van der Waals surface area contributed by atoms with E-state index >= 15 is 0 Å². The molecule has 0 bridgehead atoms. The molecule has 1 heterocycles. The van der Waals surface area contributed by atoms with Crippen molar-refractivity contribution in [2.24, 2.45) is 0 Å². The molecule has 0 unspecified atom stereocenters. The van der Waals surface area contributed by atoms with Gasteiger partial charge < -0.3 is 10.1 Å². The van der Waals surface area contributed by atoms with Crippen molar-refractivity contribution < 1.29 is 14.5 Å². The van der Waals surface area contributed by atoms with Crippen LogP contribution in [0.5, 0.6) is 0 Å². The summed E-state index contributed by atoms with van der Waals surface area (Å²) in [6, 6.07) is 19.3. The Bertz CT molecular complexity index is 1230. The van der Waals surface area contributed by atoms with Gasteiger partial charge in [-0.3, -0.25) is 10.1 Å². The first kappa shape index (κ1) is 21.7. The molecule has 3 aromatic rings. The fourth-order valence-electron chi connectivity index (χ4n) is 3.91. The average molecular weight is 440 g/mol. The first-order valence-corrected chi connectivity index (χ1v) is 10.4. The zero-order valence-corrected chi connectivity index (χ0v) is 17.6. The van der Waals surface area contributed by atoms with Crippen LogP contribution in [0.2, 0.25) is 0 Å². The van der Waals surface area contributed by atoms with Crippen LogP contribution in [0.1, 0.15) is 34.7 Å². The van der Waals surface area contributed by atoms with E-state index < -0.39 is 11.0 Å². The molecule has 1 aromatic heterocycles. The Hall–Kier alpha value is -4.51. The van der Waals surface area contributed by atoms with Gasteiger partial charge in [-0.05, 0) is 34.2 Å². The topological polar surface area (TPSA) is 118 Å². The predicted molar refractivity (Wildman–Crippen MR) is 122 cm³/mol. The molecular formula is C25H20N4O4. The molecule has 0 fully saturated rings. The van der Waals surface area contributed by atoms with Gasteiger partial charge in [0.05, 0.1) is 4.92 Å². The molecule has 1 aliphatic rings. The van der Waals surface area contributed by atoms with Crippen LogP contribution in [0.25, 0.3) is 17.2 Å². The highest BCUT2D eigenvalue weighted by atomic mass is 16.6. The van der Waals surface area contributed by atoms with E-state index in [1.807, 2.05) is 24.3 Å². The molecule has 0 saturated heterocycles. The molecule has 8 nitrogen and oxygen atoms in total. The molecule has 0 saturated carbocycles. The van der Waals surface area contributed by atoms with Crippen LogP contribution in [0, 0.1) is 21.4 Å². The van der Waals surface area contributed by atoms with Crippen LogP contribution in [0.3, 0.4) is 0 Å². The summed E-state index contributed by atoms with van der Waals surface area (Å²) in [6.45, 7) is 0.593. The van der Waals surface area contributed by atoms with Crippen LogP contribution in [0.4, 0.5) is 10.5 Å². The number of carbonyl (C=O) groups is 1. The molecule has 0 aliphatic heterocycles. The summed E-state index contributed by atoms with van der Waals surface area (Å²) in [5.74, 6) is 0.00252. The predicted octanol–water partition coefficient (Wildman–Crippen LogP) is 4.80. The molecule has 4 rings (SSSR count). The second kappa shape index (κ2) is 9.75. The number of carbonyl (C=O) groups excluding carboxylic acids is 1. The number of hydrogen-bond acceptors (Lipinski definition) is 6. The van der Waals surface area contributed by atoms with Gasteiger partial charge in [0.15, 0.2) is 0 Å². The summed E-state index contributed by atoms with van der Waals surface area (Å²) >= 11 is 0. The van der Waals surface area contributed by atoms with Gasteiger partial charge in [-0.2, -0.15) is 5.26 Å². The van der Waals surface area contributed by atoms with Crippen molar-refractivity contribution in [2.75, 3.05) is 13.2 Å². The standard InChI is InChI=1S/C25H20N4O4/c26-14-23-24(29(31)32)13-17(15-28-23)7-5-6-12-27-25(30)33-16-22-20-10-3-1-8-18(20)19-9-2-4-11-21(19)22/h1-5,7-11,13,15,22H,6,12,16H2,(H,27,30). The SMILES string of the molecule is N#Cc1ncc(C=CCCNC(=O)OCC2c3ccccc3-c3ccccc32)cc1[N+](=O)[O-]. The van der Waals surface area contributed by atoms with E-state index in [0.717, 1.165) is 11.1 Å². The first-order valence-electron chi connectivity index (χ1n) is 10.4. The number of pyridine rings is 1. The molecule has 8 heteroatoms. The number of nitriles is 1. The average Bonchev–Trinajstić information content (AvgIpc) is 3.16. The summed E-state index contributed by atoms with van der Waals surface area (Å²) in [5.41, 5.74) is 4.58. The number of ether oxygens (including phenoxy) is 1. The van der Waals surface area contributed by atoms with E-state index in [2.05, 4.69) is 34.6 Å². The smallest absolute Gasteiger partial charge is 0.407 e. The van der Waals surface area contributed by atoms with Crippen molar-refractivity contribution in [3.05, 3.63) is 99.4 Å². The van der Waals surface area contributed by atoms with Gasteiger partial charge in [-0.1, -0.05) is 60.7 Å². The highest BCUT2D eigenvalue weighted by molar-refractivity contribution is 5.79. The van der Waals surface area contributed by atoms with Crippen molar-refractivity contribution in [1.82, 2.24) is 10.3 Å². The van der Waals surface area contributed by atoms with Crippen molar-refractivity contribution in [3.63, 3.8) is 0 Å². The lowest BCUT2D eigenvalue weighted by molar-refractivity contribution is -0.385. The number of benzene rings is 2. The van der Waals surface area contributed by atoms with E-state index in [-0.39, 0.29) is 23.9 Å². The minimum absolute atomic E-state index is 0.00252. The van der Waals surface area contributed by atoms with Crippen LogP contribution >= 0.6 is 0 Å². The van der Waals surface area contributed by atoms with Gasteiger partial charge in [-0.25, -0.2) is 9.78 Å². The van der Waals surface area contributed by atoms with Crippen molar-refractivity contribution in [1.29, 1.82) is 5.26 Å². The van der Waals surface area contributed by atoms with Crippen molar-refractivity contribution in [2.45, 2.75) is 12.3 Å². The Labute approximate surface area is 190 Å². The minimum atomic E-state index is -0.637. The highest BCUT2D eigenvalue weighted by Gasteiger charge is 2.28. The maximum absolute atomic E-state index is 12.2. The van der Waals surface area contributed by atoms with Gasteiger partial charge in [0.1, 0.15) is 12.7 Å². The third-order valence-corrected chi connectivity index (χ3v) is 5.43. The number of nitro groups is 1. The summed E-state index contributed by atoms with van der Waals surface area (Å²) in [4.78, 5) is 26.3. The molecule has 164 valence electrons. The fraction of sp³-hybridized carbons (Fsp3) is 0.160. The Balaban J connectivity index is 1.28. The number of aromatic nitrogens is 1. The van der Waals surface area contributed by atoms with E-state index in [1.54, 1.807) is 18.2 Å². The molecule has 1 aliphatic carbocycles. The molecule has 0 radical (unpaired) electrons. The van der Waals surface area contributed by atoms with E-state index in [1.165, 1.54) is 23.4 Å². The Morgan fingerprint density at radius 1 is 1.18 bits per heavy atom. The van der Waals surface area contributed by atoms with Gasteiger partial charge in [0, 0.05) is 24.7 Å². The fourth-order valence-corrected chi connectivity index (χ4v) is 3.91. The summed E-state index contributed by atoms with van der Waals surface area (Å²) < 4.78 is 5.48. The quantitative estimate of drug-likeness (QED) is 0.320. The number of nitrogens with zero attached hydrogens (tertiary/aromatic N) is 3. The maximum Gasteiger partial charge on any atom is 0.407 e. The van der Waals surface area contributed by atoms with Gasteiger partial charge >= 0.3 is 11.8 Å². The Morgan fingerprint density at radius 3 is 2.48 bits per heavy atom. The third kappa shape index (κ3) is 4.72. The summed E-state index contributed by atoms with van der Waals surface area (Å²) in [5, 5.41) is 22.6. The summed E-state index contributed by atoms with van der Waals surface area (Å²) in [7, 11) is 0. The third-order valence-electron chi connectivity index (χ3n) is 5.43. The number of alkyl carbamates (subject to hydrolysis) is 1. The molecule has 33 heavy (non-hydrogen) atoms. The second-order valence-corrected chi connectivity index (χ2v) is 7.45. The second-order valence-electron chi connectivity index (χ2n) is 7.45. The molecule has 1 N–H and O–H groups in total. The largest absolute Gasteiger partial charge is 0.449 e. The first-order chi connectivity index (χ1) is 16.1. The number of rotatable bonds is 7. The van der Waals surface area contributed by atoms with E-state index in [4.69, 9.17) is 10.00 Å². The number of hydrogen-bond donors (Lipinski definition) is 1. The van der Waals surface area contributed by atoms with Gasteiger partial charge in [0.2, 0.25) is 5.69 Å². The highest BCUT2D eigenvalue weighted by Crippen LogP contribution is 2.44. The molecule has 1 amide bonds. The van der Waals surface area contributed by atoms with E-state index in [0.29, 0.717) is 18.5 Å². The lowest BCUT2D eigenvalue weighted by Crippen LogP contribution is -2.26. The molecular weight excluding hydrogens is 420 g/mol. The lowest BCUT2D eigenvalue weighted by Gasteiger charge is -2.14. The number of amides is 1. The molecule has 2 aromatic carbocycles. The molecule has 0 atom stereocenters. The number of nitrogens with one attached hydrogen (secondary N) is 1.